The predicted molar refractivity (Wildman–Crippen MR) is 80.9 cm³/mol. The summed E-state index contributed by atoms with van der Waals surface area (Å²) in [6, 6.07) is 1.64. The Morgan fingerprint density at radius 2 is 2.05 bits per heavy atom. The second kappa shape index (κ2) is 7.38. The maximum atomic E-state index is 12.3. The first-order chi connectivity index (χ1) is 8.90. The number of sulfonamides is 1. The molecule has 0 amide bonds. The van der Waals surface area contributed by atoms with E-state index in [0.29, 0.717) is 17.4 Å². The van der Waals surface area contributed by atoms with E-state index >= 15 is 0 Å². The van der Waals surface area contributed by atoms with Crippen LogP contribution in [-0.4, -0.2) is 21.5 Å². The highest BCUT2D eigenvalue weighted by atomic mass is 32.2. The molecule has 0 radical (unpaired) electrons. The van der Waals surface area contributed by atoms with E-state index in [1.54, 1.807) is 6.07 Å². The predicted octanol–water partition coefficient (Wildman–Crippen LogP) is 2.57. The van der Waals surface area contributed by atoms with Crippen molar-refractivity contribution >= 4 is 21.4 Å². The lowest BCUT2D eigenvalue weighted by Crippen LogP contribution is -2.34. The first-order valence-corrected chi connectivity index (χ1v) is 9.00. The lowest BCUT2D eigenvalue weighted by atomic mass is 10.0. The fourth-order valence-corrected chi connectivity index (χ4v) is 4.72. The van der Waals surface area contributed by atoms with E-state index in [1.807, 2.05) is 19.4 Å². The average Bonchev–Trinajstić information content (AvgIpc) is 2.77. The molecule has 0 aliphatic rings. The van der Waals surface area contributed by atoms with Gasteiger partial charge in [-0.2, -0.15) is 0 Å². The van der Waals surface area contributed by atoms with Gasteiger partial charge in [-0.3, -0.25) is 0 Å². The summed E-state index contributed by atoms with van der Waals surface area (Å²) in [4.78, 5) is 1.26. The van der Waals surface area contributed by atoms with E-state index in [1.165, 1.54) is 11.3 Å². The summed E-state index contributed by atoms with van der Waals surface area (Å²) in [7, 11) is -1.59. The number of nitrogens with one attached hydrogen (secondary N) is 2. The summed E-state index contributed by atoms with van der Waals surface area (Å²) in [6.07, 6.45) is 1.93. The van der Waals surface area contributed by atoms with Crippen LogP contribution in [0.25, 0.3) is 0 Å². The van der Waals surface area contributed by atoms with Crippen LogP contribution in [0.3, 0.4) is 0 Å². The number of hydrogen-bond acceptors (Lipinski definition) is 4. The smallest absolute Gasteiger partial charge is 0.241 e. The monoisotopic (exact) mass is 304 g/mol. The number of hydrogen-bond donors (Lipinski definition) is 2. The molecule has 1 aromatic rings. The molecule has 0 spiro atoms. The molecular formula is C13H24N2O2S2. The van der Waals surface area contributed by atoms with Gasteiger partial charge in [0.05, 0.1) is 4.90 Å². The van der Waals surface area contributed by atoms with Gasteiger partial charge in [-0.25, -0.2) is 13.1 Å². The molecule has 0 bridgehead atoms. The van der Waals surface area contributed by atoms with Crippen LogP contribution in [0, 0.1) is 5.92 Å². The molecule has 0 fully saturated rings. The maximum absolute atomic E-state index is 12.3. The number of rotatable bonds is 8. The van der Waals surface area contributed by atoms with Crippen molar-refractivity contribution in [2.45, 2.75) is 51.1 Å². The first-order valence-electron chi connectivity index (χ1n) is 6.64. The summed E-state index contributed by atoms with van der Waals surface area (Å²) < 4.78 is 27.4. The van der Waals surface area contributed by atoms with Gasteiger partial charge in [0, 0.05) is 17.5 Å². The van der Waals surface area contributed by atoms with Gasteiger partial charge in [0.1, 0.15) is 0 Å². The fraction of sp³-hybridized carbons (Fsp3) is 0.692. The summed E-state index contributed by atoms with van der Waals surface area (Å²) in [5.41, 5.74) is 0. The molecule has 2 atom stereocenters. The Kier molecular flexibility index (Phi) is 6.46. The molecule has 0 saturated heterocycles. The van der Waals surface area contributed by atoms with E-state index in [-0.39, 0.29) is 6.04 Å². The lowest BCUT2D eigenvalue weighted by Gasteiger charge is -2.17. The molecule has 4 nitrogen and oxygen atoms in total. The van der Waals surface area contributed by atoms with Crippen LogP contribution in [0.1, 0.15) is 38.5 Å². The van der Waals surface area contributed by atoms with Crippen LogP contribution in [-0.2, 0) is 16.6 Å². The maximum Gasteiger partial charge on any atom is 0.241 e. The van der Waals surface area contributed by atoms with Crippen LogP contribution in [0.4, 0.5) is 0 Å². The minimum absolute atomic E-state index is 0.0396. The molecule has 0 saturated carbocycles. The van der Waals surface area contributed by atoms with E-state index in [2.05, 4.69) is 23.9 Å². The highest BCUT2D eigenvalue weighted by Crippen LogP contribution is 2.22. The molecule has 0 aromatic carbocycles. The first kappa shape index (κ1) is 16.6. The number of thiophene rings is 1. The molecule has 19 heavy (non-hydrogen) atoms. The van der Waals surface area contributed by atoms with Crippen LogP contribution in [0.5, 0.6) is 0 Å². The fourth-order valence-electron chi connectivity index (χ4n) is 2.00. The zero-order valence-electron chi connectivity index (χ0n) is 12.1. The Hall–Kier alpha value is -0.430. The van der Waals surface area contributed by atoms with Crippen molar-refractivity contribution in [3.05, 3.63) is 16.3 Å². The van der Waals surface area contributed by atoms with Crippen LogP contribution in [0.15, 0.2) is 16.3 Å². The van der Waals surface area contributed by atoms with Crippen LogP contribution < -0.4 is 10.0 Å². The standard InChI is InChI=1S/C13H24N2O2S2/c1-5-10(2)8-11(3)15-19(16,17)13-6-7-18-12(13)9-14-4/h6-7,10-11,14-15H,5,8-9H2,1-4H3. The molecule has 0 aliphatic heterocycles. The van der Waals surface area contributed by atoms with Crippen molar-refractivity contribution in [2.24, 2.45) is 5.92 Å². The van der Waals surface area contributed by atoms with Crippen LogP contribution in [0.2, 0.25) is 0 Å². The minimum Gasteiger partial charge on any atom is -0.315 e. The Morgan fingerprint density at radius 3 is 2.63 bits per heavy atom. The second-order valence-electron chi connectivity index (χ2n) is 5.01. The zero-order chi connectivity index (χ0) is 14.5. The molecular weight excluding hydrogens is 280 g/mol. The Bertz CT molecular complexity index is 483. The molecule has 2 unspecified atom stereocenters. The minimum atomic E-state index is -3.40. The molecule has 0 aliphatic carbocycles. The van der Waals surface area contributed by atoms with E-state index in [9.17, 15) is 8.42 Å². The Balaban J connectivity index is 2.77. The third kappa shape index (κ3) is 4.87. The highest BCUT2D eigenvalue weighted by Gasteiger charge is 2.22. The summed E-state index contributed by atoms with van der Waals surface area (Å²) in [5.74, 6) is 0.525. The molecule has 6 heteroatoms. The van der Waals surface area contributed by atoms with E-state index in [4.69, 9.17) is 0 Å². The topological polar surface area (TPSA) is 58.2 Å². The van der Waals surface area contributed by atoms with Crippen molar-refractivity contribution in [2.75, 3.05) is 7.05 Å². The third-order valence-corrected chi connectivity index (χ3v) is 5.86. The Morgan fingerprint density at radius 1 is 1.37 bits per heavy atom. The van der Waals surface area contributed by atoms with Gasteiger partial charge in [-0.1, -0.05) is 20.3 Å². The van der Waals surface area contributed by atoms with E-state index in [0.717, 1.165) is 17.7 Å². The molecule has 110 valence electrons. The average molecular weight is 304 g/mol. The van der Waals surface area contributed by atoms with Crippen molar-refractivity contribution in [3.8, 4) is 0 Å². The van der Waals surface area contributed by atoms with Gasteiger partial charge in [0.25, 0.3) is 0 Å². The van der Waals surface area contributed by atoms with Crippen LogP contribution >= 0.6 is 11.3 Å². The lowest BCUT2D eigenvalue weighted by molar-refractivity contribution is 0.445. The normalized spacial score (nSPS) is 15.4. The Labute approximate surface area is 120 Å². The molecule has 1 rings (SSSR count). The largest absolute Gasteiger partial charge is 0.315 e. The van der Waals surface area contributed by atoms with Gasteiger partial charge in [-0.05, 0) is 37.8 Å². The van der Waals surface area contributed by atoms with Crippen molar-refractivity contribution < 1.29 is 8.42 Å². The van der Waals surface area contributed by atoms with Gasteiger partial charge in [0.2, 0.25) is 10.0 Å². The zero-order valence-corrected chi connectivity index (χ0v) is 13.7. The summed E-state index contributed by atoms with van der Waals surface area (Å²) in [6.45, 7) is 6.76. The van der Waals surface area contributed by atoms with Gasteiger partial charge in [0.15, 0.2) is 0 Å². The van der Waals surface area contributed by atoms with Crippen molar-refractivity contribution in [1.29, 1.82) is 0 Å². The van der Waals surface area contributed by atoms with Crippen molar-refractivity contribution in [3.63, 3.8) is 0 Å². The van der Waals surface area contributed by atoms with Gasteiger partial charge < -0.3 is 5.32 Å². The van der Waals surface area contributed by atoms with Crippen molar-refractivity contribution in [1.82, 2.24) is 10.0 Å². The summed E-state index contributed by atoms with van der Waals surface area (Å²) in [5, 5.41) is 4.82. The molecule has 1 aromatic heterocycles. The summed E-state index contributed by atoms with van der Waals surface area (Å²) >= 11 is 1.46. The van der Waals surface area contributed by atoms with E-state index < -0.39 is 10.0 Å². The van der Waals surface area contributed by atoms with Gasteiger partial charge in [-0.15, -0.1) is 11.3 Å². The third-order valence-electron chi connectivity index (χ3n) is 3.14. The van der Waals surface area contributed by atoms with Gasteiger partial charge >= 0.3 is 0 Å². The quantitative estimate of drug-likeness (QED) is 0.776. The highest BCUT2D eigenvalue weighted by molar-refractivity contribution is 7.89. The molecule has 1 heterocycles. The second-order valence-corrected chi connectivity index (χ2v) is 7.69. The SMILES string of the molecule is CCC(C)CC(C)NS(=O)(=O)c1ccsc1CNC. The molecule has 2 N–H and O–H groups in total.